The highest BCUT2D eigenvalue weighted by molar-refractivity contribution is 5.68. The SMILES string of the molecule is CC(CC1CCCCCN1C(=O)OC(C)(C)C)Nc1cn[nH]c1. The number of H-pyrrole nitrogens is 1. The first-order chi connectivity index (χ1) is 10.8. The number of anilines is 1. The maximum Gasteiger partial charge on any atom is 0.410 e. The standard InChI is InChI=1S/C17H30N4O2/c1-13(20-14-11-18-19-12-14)10-15-8-6-5-7-9-21(15)16(22)23-17(2,3)4/h11-13,15,20H,5-10H2,1-4H3,(H,18,19). The third-order valence-corrected chi connectivity index (χ3v) is 4.04. The number of nitrogens with zero attached hydrogens (tertiary/aromatic N) is 2. The molecule has 0 aliphatic carbocycles. The number of likely N-dealkylation sites (tertiary alicyclic amines) is 1. The molecule has 1 aromatic rings. The van der Waals surface area contributed by atoms with Crippen LogP contribution in [0, 0.1) is 0 Å². The van der Waals surface area contributed by atoms with Gasteiger partial charge in [-0.1, -0.05) is 12.8 Å². The molecule has 1 aliphatic rings. The lowest BCUT2D eigenvalue weighted by atomic mass is 10.0. The van der Waals surface area contributed by atoms with E-state index in [9.17, 15) is 4.79 Å². The van der Waals surface area contributed by atoms with Crippen LogP contribution in [-0.4, -0.2) is 45.4 Å². The van der Waals surface area contributed by atoms with E-state index < -0.39 is 5.60 Å². The smallest absolute Gasteiger partial charge is 0.410 e. The molecule has 1 amide bonds. The van der Waals surface area contributed by atoms with Crippen molar-refractivity contribution in [2.24, 2.45) is 0 Å². The highest BCUT2D eigenvalue weighted by Gasteiger charge is 2.30. The minimum absolute atomic E-state index is 0.181. The van der Waals surface area contributed by atoms with Gasteiger partial charge in [0, 0.05) is 24.8 Å². The Labute approximate surface area is 139 Å². The molecule has 23 heavy (non-hydrogen) atoms. The van der Waals surface area contributed by atoms with Crippen molar-refractivity contribution < 1.29 is 9.53 Å². The number of aromatic amines is 1. The monoisotopic (exact) mass is 322 g/mol. The fraction of sp³-hybridized carbons (Fsp3) is 0.765. The van der Waals surface area contributed by atoms with Crippen molar-refractivity contribution in [2.75, 3.05) is 11.9 Å². The number of ether oxygens (including phenoxy) is 1. The molecule has 2 N–H and O–H groups in total. The van der Waals surface area contributed by atoms with Gasteiger partial charge in [-0.3, -0.25) is 5.10 Å². The number of nitrogens with one attached hydrogen (secondary N) is 2. The van der Waals surface area contributed by atoms with Crippen LogP contribution < -0.4 is 5.32 Å². The molecule has 2 atom stereocenters. The summed E-state index contributed by atoms with van der Waals surface area (Å²) in [6, 6.07) is 0.488. The minimum Gasteiger partial charge on any atom is -0.444 e. The van der Waals surface area contributed by atoms with Gasteiger partial charge in [0.15, 0.2) is 0 Å². The molecule has 0 radical (unpaired) electrons. The Morgan fingerprint density at radius 2 is 2.26 bits per heavy atom. The second-order valence-corrected chi connectivity index (χ2v) is 7.44. The first kappa shape index (κ1) is 17.6. The number of hydrogen-bond donors (Lipinski definition) is 2. The van der Waals surface area contributed by atoms with E-state index in [2.05, 4.69) is 22.4 Å². The van der Waals surface area contributed by atoms with Gasteiger partial charge in [0.05, 0.1) is 11.9 Å². The fourth-order valence-corrected chi connectivity index (χ4v) is 3.06. The van der Waals surface area contributed by atoms with Crippen molar-refractivity contribution >= 4 is 11.8 Å². The normalized spacial score (nSPS) is 20.7. The highest BCUT2D eigenvalue weighted by atomic mass is 16.6. The summed E-state index contributed by atoms with van der Waals surface area (Å²) in [5.74, 6) is 0. The zero-order valence-corrected chi connectivity index (χ0v) is 14.8. The zero-order valence-electron chi connectivity index (χ0n) is 14.8. The first-order valence-electron chi connectivity index (χ1n) is 8.60. The molecule has 1 saturated heterocycles. The quantitative estimate of drug-likeness (QED) is 0.885. The van der Waals surface area contributed by atoms with Gasteiger partial charge < -0.3 is 15.0 Å². The molecule has 1 fully saturated rings. The van der Waals surface area contributed by atoms with E-state index in [1.165, 1.54) is 12.8 Å². The van der Waals surface area contributed by atoms with Crippen molar-refractivity contribution in [2.45, 2.75) is 77.5 Å². The number of carbonyl (C=O) groups is 1. The average molecular weight is 322 g/mol. The van der Waals surface area contributed by atoms with Crippen LogP contribution in [0.25, 0.3) is 0 Å². The molecule has 130 valence electrons. The van der Waals surface area contributed by atoms with Gasteiger partial charge in [-0.15, -0.1) is 0 Å². The van der Waals surface area contributed by atoms with Crippen molar-refractivity contribution in [3.63, 3.8) is 0 Å². The lowest BCUT2D eigenvalue weighted by molar-refractivity contribution is 0.0155. The van der Waals surface area contributed by atoms with Crippen molar-refractivity contribution in [3.05, 3.63) is 12.4 Å². The molecule has 0 aromatic carbocycles. The summed E-state index contributed by atoms with van der Waals surface area (Å²) >= 11 is 0. The second kappa shape index (κ2) is 7.70. The van der Waals surface area contributed by atoms with Gasteiger partial charge in [-0.2, -0.15) is 5.10 Å². The van der Waals surface area contributed by atoms with Gasteiger partial charge in [0.2, 0.25) is 0 Å². The molecule has 0 bridgehead atoms. The minimum atomic E-state index is -0.450. The molecular weight excluding hydrogens is 292 g/mol. The van der Waals surface area contributed by atoms with Crippen LogP contribution in [0.2, 0.25) is 0 Å². The Bertz CT molecular complexity index is 481. The maximum atomic E-state index is 12.5. The number of carbonyl (C=O) groups excluding carboxylic acids is 1. The van der Waals surface area contributed by atoms with Crippen LogP contribution in [0.4, 0.5) is 10.5 Å². The molecule has 2 rings (SSSR count). The lowest BCUT2D eigenvalue weighted by Gasteiger charge is -2.33. The largest absolute Gasteiger partial charge is 0.444 e. The van der Waals surface area contributed by atoms with Crippen LogP contribution in [0.5, 0.6) is 0 Å². The van der Waals surface area contributed by atoms with E-state index >= 15 is 0 Å². The van der Waals surface area contributed by atoms with Crippen LogP contribution in [0.15, 0.2) is 12.4 Å². The lowest BCUT2D eigenvalue weighted by Crippen LogP contribution is -2.44. The van der Waals surface area contributed by atoms with Crippen molar-refractivity contribution in [1.29, 1.82) is 0 Å². The van der Waals surface area contributed by atoms with Gasteiger partial charge in [-0.25, -0.2) is 4.79 Å². The molecule has 2 heterocycles. The van der Waals surface area contributed by atoms with Crippen LogP contribution >= 0.6 is 0 Å². The Hall–Kier alpha value is -1.72. The Morgan fingerprint density at radius 3 is 2.91 bits per heavy atom. The first-order valence-corrected chi connectivity index (χ1v) is 8.60. The van der Waals surface area contributed by atoms with E-state index in [4.69, 9.17) is 4.74 Å². The summed E-state index contributed by atoms with van der Waals surface area (Å²) in [5, 5.41) is 10.2. The molecule has 2 unspecified atom stereocenters. The Kier molecular flexibility index (Phi) is 5.91. The van der Waals surface area contributed by atoms with Gasteiger partial charge >= 0.3 is 6.09 Å². The van der Waals surface area contributed by atoms with E-state index in [0.717, 1.165) is 31.5 Å². The molecule has 0 spiro atoms. The van der Waals surface area contributed by atoms with E-state index in [0.29, 0.717) is 0 Å². The second-order valence-electron chi connectivity index (χ2n) is 7.44. The van der Waals surface area contributed by atoms with Crippen LogP contribution in [-0.2, 0) is 4.74 Å². The van der Waals surface area contributed by atoms with E-state index in [-0.39, 0.29) is 18.2 Å². The van der Waals surface area contributed by atoms with Gasteiger partial charge in [-0.05, 0) is 47.0 Å². The number of amides is 1. The van der Waals surface area contributed by atoms with Crippen molar-refractivity contribution in [1.82, 2.24) is 15.1 Å². The van der Waals surface area contributed by atoms with Crippen LogP contribution in [0.1, 0.15) is 59.8 Å². The summed E-state index contributed by atoms with van der Waals surface area (Å²) in [7, 11) is 0. The van der Waals surface area contributed by atoms with Crippen molar-refractivity contribution in [3.8, 4) is 0 Å². The summed E-state index contributed by atoms with van der Waals surface area (Å²) in [6.45, 7) is 8.69. The molecule has 1 aromatic heterocycles. The predicted octanol–water partition coefficient (Wildman–Crippen LogP) is 3.78. The molecular formula is C17H30N4O2. The average Bonchev–Trinajstić information content (AvgIpc) is 2.81. The van der Waals surface area contributed by atoms with E-state index in [1.54, 1.807) is 6.20 Å². The maximum absolute atomic E-state index is 12.5. The van der Waals surface area contributed by atoms with Crippen LogP contribution in [0.3, 0.4) is 0 Å². The summed E-state index contributed by atoms with van der Waals surface area (Å²) in [4.78, 5) is 14.5. The summed E-state index contributed by atoms with van der Waals surface area (Å²) in [6.07, 6.45) is 8.78. The molecule has 6 nitrogen and oxygen atoms in total. The Balaban J connectivity index is 1.98. The molecule has 6 heteroatoms. The molecule has 0 saturated carbocycles. The number of aromatic nitrogens is 2. The topological polar surface area (TPSA) is 70.2 Å². The Morgan fingerprint density at radius 1 is 1.48 bits per heavy atom. The third kappa shape index (κ3) is 5.77. The zero-order chi connectivity index (χ0) is 16.9. The van der Waals surface area contributed by atoms with Gasteiger partial charge in [0.1, 0.15) is 5.60 Å². The fourth-order valence-electron chi connectivity index (χ4n) is 3.06. The third-order valence-electron chi connectivity index (χ3n) is 4.04. The number of rotatable bonds is 4. The summed E-state index contributed by atoms with van der Waals surface area (Å²) < 4.78 is 5.60. The highest BCUT2D eigenvalue weighted by Crippen LogP contribution is 2.24. The molecule has 1 aliphatic heterocycles. The predicted molar refractivity (Wildman–Crippen MR) is 91.5 cm³/mol. The number of hydrogen-bond acceptors (Lipinski definition) is 4. The summed E-state index contributed by atoms with van der Waals surface area (Å²) in [5.41, 5.74) is 0.532. The van der Waals surface area contributed by atoms with Gasteiger partial charge in [0.25, 0.3) is 0 Å². The van der Waals surface area contributed by atoms with E-state index in [1.807, 2.05) is 31.9 Å².